The highest BCUT2D eigenvalue weighted by molar-refractivity contribution is 7.99. The van der Waals surface area contributed by atoms with Gasteiger partial charge in [-0.2, -0.15) is 5.10 Å². The first kappa shape index (κ1) is 22.1. The predicted octanol–water partition coefficient (Wildman–Crippen LogP) is 4.13. The van der Waals surface area contributed by atoms with Crippen molar-refractivity contribution in [3.8, 4) is 5.69 Å². The van der Waals surface area contributed by atoms with E-state index in [1.54, 1.807) is 4.68 Å². The molecule has 2 aromatic heterocycles. The number of nitrogens with zero attached hydrogens (tertiary/aromatic N) is 5. The summed E-state index contributed by atoms with van der Waals surface area (Å²) < 4.78 is 3.16. The summed E-state index contributed by atoms with van der Waals surface area (Å²) >= 11 is 7.22. The van der Waals surface area contributed by atoms with Crippen LogP contribution in [0.4, 0.5) is 11.4 Å². The minimum atomic E-state index is -0.616. The number of fused-ring (bicyclic) bond motifs is 2. The van der Waals surface area contributed by atoms with Gasteiger partial charge in [-0.05, 0) is 36.8 Å². The Morgan fingerprint density at radius 2 is 2.15 bits per heavy atom. The number of benzene rings is 2. The van der Waals surface area contributed by atoms with Gasteiger partial charge in [-0.15, -0.1) is 0 Å². The normalized spacial score (nSPS) is 14.8. The third-order valence-electron chi connectivity index (χ3n) is 5.46. The number of carbonyl (C=O) groups excluding carboxylic acids is 1. The largest absolute Gasteiger partial charge is 0.326 e. The van der Waals surface area contributed by atoms with E-state index < -0.39 is 11.0 Å². The number of anilines is 1. The predicted molar refractivity (Wildman–Crippen MR) is 129 cm³/mol. The second-order valence-electron chi connectivity index (χ2n) is 7.84. The Labute approximate surface area is 201 Å². The monoisotopic (exact) mass is 496 g/mol. The molecule has 1 unspecified atom stereocenters. The summed E-state index contributed by atoms with van der Waals surface area (Å²) in [6.07, 6.45) is 1.50. The van der Waals surface area contributed by atoms with Crippen LogP contribution in [0.3, 0.4) is 0 Å². The summed E-state index contributed by atoms with van der Waals surface area (Å²) in [5.41, 5.74) is 2.03. The van der Waals surface area contributed by atoms with Crippen molar-refractivity contribution < 1.29 is 9.72 Å². The highest BCUT2D eigenvalue weighted by Gasteiger charge is 2.30. The van der Waals surface area contributed by atoms with Crippen molar-refractivity contribution in [2.24, 2.45) is 0 Å². The molecule has 1 N–H and O–H groups in total. The van der Waals surface area contributed by atoms with E-state index in [-0.39, 0.29) is 34.3 Å². The van der Waals surface area contributed by atoms with Crippen LogP contribution in [0, 0.1) is 17.0 Å². The number of aromatic nitrogens is 4. The number of nitro groups is 1. The zero-order valence-corrected chi connectivity index (χ0v) is 19.3. The molecule has 1 aliphatic heterocycles. The molecular weight excluding hydrogens is 480 g/mol. The lowest BCUT2D eigenvalue weighted by atomic mass is 10.2. The minimum absolute atomic E-state index is 0.00946. The minimum Gasteiger partial charge on any atom is -0.326 e. The van der Waals surface area contributed by atoms with E-state index in [1.807, 2.05) is 31.2 Å². The van der Waals surface area contributed by atoms with Crippen LogP contribution in [-0.2, 0) is 4.79 Å². The highest BCUT2D eigenvalue weighted by atomic mass is 35.5. The van der Waals surface area contributed by atoms with Gasteiger partial charge in [0.25, 0.3) is 11.2 Å². The molecule has 1 amide bonds. The van der Waals surface area contributed by atoms with Crippen molar-refractivity contribution in [2.45, 2.75) is 24.5 Å². The quantitative estimate of drug-likeness (QED) is 0.250. The fourth-order valence-electron chi connectivity index (χ4n) is 3.89. The van der Waals surface area contributed by atoms with Crippen LogP contribution in [0.2, 0.25) is 5.02 Å². The van der Waals surface area contributed by atoms with Gasteiger partial charge >= 0.3 is 0 Å². The lowest BCUT2D eigenvalue weighted by Crippen LogP contribution is -2.27. The van der Waals surface area contributed by atoms with Crippen LogP contribution in [-0.4, -0.2) is 35.9 Å². The topological polar surface area (TPSA) is 125 Å². The number of thioether (sulfide) groups is 1. The Morgan fingerprint density at radius 1 is 1.32 bits per heavy atom. The summed E-state index contributed by atoms with van der Waals surface area (Å²) in [6.45, 7) is 1.98. The molecule has 4 aromatic rings. The second kappa shape index (κ2) is 8.58. The molecule has 0 spiro atoms. The first-order chi connectivity index (χ1) is 16.3. The smallest absolute Gasteiger partial charge is 0.289 e. The van der Waals surface area contributed by atoms with E-state index in [4.69, 9.17) is 11.6 Å². The number of carbonyl (C=O) groups is 1. The first-order valence-electron chi connectivity index (χ1n) is 10.3. The van der Waals surface area contributed by atoms with Crippen molar-refractivity contribution in [2.75, 3.05) is 11.1 Å². The SMILES string of the molecule is Cc1cccc(-n2ncc3c(=O)n4c(nc32)SCC4CC(=O)Nc2ccc(Cl)c([N+](=O)[O-])c2)c1. The van der Waals surface area contributed by atoms with Gasteiger partial charge in [0.2, 0.25) is 5.91 Å². The molecule has 0 fully saturated rings. The van der Waals surface area contributed by atoms with E-state index in [0.717, 1.165) is 11.3 Å². The lowest BCUT2D eigenvalue weighted by molar-refractivity contribution is -0.384. The molecule has 172 valence electrons. The van der Waals surface area contributed by atoms with Crippen molar-refractivity contribution in [3.63, 3.8) is 0 Å². The Hall–Kier alpha value is -3.70. The lowest BCUT2D eigenvalue weighted by Gasteiger charge is -2.13. The maximum absolute atomic E-state index is 13.3. The Kier molecular flexibility index (Phi) is 5.58. The van der Waals surface area contributed by atoms with Crippen molar-refractivity contribution >= 4 is 51.7 Å². The van der Waals surface area contributed by atoms with Gasteiger partial charge in [0.1, 0.15) is 10.4 Å². The van der Waals surface area contributed by atoms with Crippen LogP contribution < -0.4 is 10.9 Å². The number of nitrogens with one attached hydrogen (secondary N) is 1. The van der Waals surface area contributed by atoms with Gasteiger partial charge in [-0.25, -0.2) is 9.67 Å². The van der Waals surface area contributed by atoms with Gasteiger partial charge in [0.15, 0.2) is 10.8 Å². The third-order valence-corrected chi connectivity index (χ3v) is 6.88. The Balaban J connectivity index is 1.42. The molecule has 2 aromatic carbocycles. The number of hydrogen-bond donors (Lipinski definition) is 1. The molecule has 1 aliphatic rings. The maximum atomic E-state index is 13.3. The molecule has 0 saturated heterocycles. The number of aryl methyl sites for hydroxylation is 1. The summed E-state index contributed by atoms with van der Waals surface area (Å²) in [5, 5.41) is 19.0. The molecule has 10 nitrogen and oxygen atoms in total. The van der Waals surface area contributed by atoms with Crippen LogP contribution in [0.1, 0.15) is 18.0 Å². The Bertz CT molecular complexity index is 1530. The summed E-state index contributed by atoms with van der Waals surface area (Å²) in [4.78, 5) is 41.1. The van der Waals surface area contributed by atoms with E-state index >= 15 is 0 Å². The molecule has 1 atom stereocenters. The van der Waals surface area contributed by atoms with Crippen LogP contribution >= 0.6 is 23.4 Å². The fraction of sp³-hybridized carbons (Fsp3) is 0.182. The van der Waals surface area contributed by atoms with E-state index in [9.17, 15) is 19.7 Å². The van der Waals surface area contributed by atoms with Gasteiger partial charge < -0.3 is 5.32 Å². The fourth-order valence-corrected chi connectivity index (χ4v) is 5.20. The van der Waals surface area contributed by atoms with Crippen LogP contribution in [0.15, 0.2) is 58.6 Å². The number of halogens is 1. The molecule has 12 heteroatoms. The third kappa shape index (κ3) is 3.93. The number of amides is 1. The van der Waals surface area contributed by atoms with Gasteiger partial charge in [-0.1, -0.05) is 35.5 Å². The molecule has 34 heavy (non-hydrogen) atoms. The molecule has 0 saturated carbocycles. The second-order valence-corrected chi connectivity index (χ2v) is 9.24. The summed E-state index contributed by atoms with van der Waals surface area (Å²) in [7, 11) is 0. The molecule has 0 bridgehead atoms. The first-order valence-corrected chi connectivity index (χ1v) is 11.6. The molecular formula is C22H17ClN6O4S. The molecule has 0 aliphatic carbocycles. The van der Waals surface area contributed by atoms with Crippen molar-refractivity contribution in [3.05, 3.63) is 79.7 Å². The number of hydrogen-bond acceptors (Lipinski definition) is 7. The maximum Gasteiger partial charge on any atom is 0.289 e. The van der Waals surface area contributed by atoms with Crippen molar-refractivity contribution in [1.29, 1.82) is 0 Å². The van der Waals surface area contributed by atoms with Gasteiger partial charge in [0.05, 0.1) is 22.8 Å². The van der Waals surface area contributed by atoms with E-state index in [2.05, 4.69) is 15.4 Å². The van der Waals surface area contributed by atoms with Gasteiger partial charge in [-0.3, -0.25) is 24.3 Å². The summed E-state index contributed by atoms with van der Waals surface area (Å²) in [5.74, 6) is 0.124. The number of rotatable bonds is 5. The zero-order valence-electron chi connectivity index (χ0n) is 17.8. The van der Waals surface area contributed by atoms with Crippen LogP contribution in [0.5, 0.6) is 0 Å². The van der Waals surface area contributed by atoms with Crippen molar-refractivity contribution in [1.82, 2.24) is 19.3 Å². The standard InChI is InChI=1S/C22H17ClN6O4S/c1-12-3-2-4-14(7-12)28-20-16(10-24-28)21(31)27-15(11-34-22(27)26-20)9-19(30)25-13-5-6-17(23)18(8-13)29(32)33/h2-8,10,15H,9,11H2,1H3,(H,25,30). The van der Waals surface area contributed by atoms with Crippen LogP contribution in [0.25, 0.3) is 16.7 Å². The van der Waals surface area contributed by atoms with E-state index in [0.29, 0.717) is 21.9 Å². The zero-order chi connectivity index (χ0) is 24.0. The molecule has 5 rings (SSSR count). The summed E-state index contributed by atoms with van der Waals surface area (Å²) in [6, 6.07) is 11.4. The molecule has 3 heterocycles. The highest BCUT2D eigenvalue weighted by Crippen LogP contribution is 2.34. The number of nitro benzene ring substituents is 1. The molecule has 0 radical (unpaired) electrons. The average Bonchev–Trinajstić information content (AvgIpc) is 3.40. The Morgan fingerprint density at radius 3 is 2.91 bits per heavy atom. The average molecular weight is 497 g/mol. The van der Waals surface area contributed by atoms with Gasteiger partial charge in [0, 0.05) is 23.9 Å². The van der Waals surface area contributed by atoms with E-state index in [1.165, 1.54) is 40.7 Å².